The first-order valence-corrected chi connectivity index (χ1v) is 6.94. The van der Waals surface area contributed by atoms with Crippen LogP contribution in [0.2, 0.25) is 0 Å². The van der Waals surface area contributed by atoms with Crippen molar-refractivity contribution in [3.05, 3.63) is 17.0 Å². The minimum Gasteiger partial charge on any atom is -0.294 e. The molecule has 1 unspecified atom stereocenters. The molecular formula is C15H26N2O. The van der Waals surface area contributed by atoms with E-state index in [0.717, 1.165) is 23.5 Å². The molecule has 0 bridgehead atoms. The van der Waals surface area contributed by atoms with Crippen molar-refractivity contribution in [3.63, 3.8) is 0 Å². The Kier molecular flexibility index (Phi) is 5.12. The Morgan fingerprint density at radius 1 is 1.28 bits per heavy atom. The monoisotopic (exact) mass is 250 g/mol. The second kappa shape index (κ2) is 6.17. The molecule has 3 nitrogen and oxygen atoms in total. The maximum atomic E-state index is 11.9. The van der Waals surface area contributed by atoms with Crippen molar-refractivity contribution < 1.29 is 4.79 Å². The number of carbonyl (C=O) groups excluding carboxylic acids is 1. The zero-order valence-corrected chi connectivity index (χ0v) is 12.6. The lowest BCUT2D eigenvalue weighted by atomic mass is 9.99. The Morgan fingerprint density at radius 3 is 2.39 bits per heavy atom. The lowest BCUT2D eigenvalue weighted by Gasteiger charge is -2.15. The van der Waals surface area contributed by atoms with Crippen LogP contribution in [0.25, 0.3) is 0 Å². The summed E-state index contributed by atoms with van der Waals surface area (Å²) in [7, 11) is 0. The topological polar surface area (TPSA) is 34.9 Å². The lowest BCUT2D eigenvalue weighted by Crippen LogP contribution is -2.13. The fourth-order valence-corrected chi connectivity index (χ4v) is 2.63. The Bertz CT molecular complexity index is 418. The van der Waals surface area contributed by atoms with Gasteiger partial charge >= 0.3 is 0 Å². The summed E-state index contributed by atoms with van der Waals surface area (Å²) in [6.45, 7) is 13.5. The van der Waals surface area contributed by atoms with Crippen LogP contribution in [-0.2, 0) is 6.54 Å². The number of nitrogens with zero attached hydrogens (tertiary/aromatic N) is 2. The first-order valence-electron chi connectivity index (χ1n) is 6.94. The molecule has 3 heteroatoms. The second-order valence-corrected chi connectivity index (χ2v) is 5.74. The van der Waals surface area contributed by atoms with Crippen LogP contribution in [0.5, 0.6) is 0 Å². The van der Waals surface area contributed by atoms with Gasteiger partial charge in [0, 0.05) is 18.7 Å². The number of carbonyl (C=O) groups is 1. The second-order valence-electron chi connectivity index (χ2n) is 5.74. The molecule has 1 aromatic heterocycles. The van der Waals surface area contributed by atoms with Crippen molar-refractivity contribution in [1.29, 1.82) is 0 Å². The molecule has 1 atom stereocenters. The van der Waals surface area contributed by atoms with Crippen LogP contribution in [0.15, 0.2) is 0 Å². The predicted octanol–water partition coefficient (Wildman–Crippen LogP) is 3.77. The molecule has 1 aromatic rings. The summed E-state index contributed by atoms with van der Waals surface area (Å²) in [6, 6.07) is 0. The van der Waals surface area contributed by atoms with Crippen LogP contribution in [-0.4, -0.2) is 15.6 Å². The Hall–Kier alpha value is -1.12. The molecule has 0 saturated heterocycles. The van der Waals surface area contributed by atoms with Crippen molar-refractivity contribution in [3.8, 4) is 0 Å². The van der Waals surface area contributed by atoms with Crippen LogP contribution in [0, 0.1) is 25.7 Å². The van der Waals surface area contributed by atoms with E-state index < -0.39 is 0 Å². The molecule has 0 N–H and O–H groups in total. The fourth-order valence-electron chi connectivity index (χ4n) is 2.63. The maximum absolute atomic E-state index is 11.9. The molecule has 0 amide bonds. The number of rotatable bonds is 6. The quantitative estimate of drug-likeness (QED) is 0.720. The van der Waals surface area contributed by atoms with Gasteiger partial charge in [-0.3, -0.25) is 9.48 Å². The normalized spacial score (nSPS) is 13.1. The molecule has 0 spiro atoms. The number of aryl methyl sites for hydroxylation is 1. The van der Waals surface area contributed by atoms with Gasteiger partial charge in [-0.2, -0.15) is 5.10 Å². The highest BCUT2D eigenvalue weighted by Gasteiger charge is 2.18. The third-order valence-electron chi connectivity index (χ3n) is 3.34. The van der Waals surface area contributed by atoms with Crippen LogP contribution >= 0.6 is 0 Å². The predicted molar refractivity (Wildman–Crippen MR) is 74.9 cm³/mol. The van der Waals surface area contributed by atoms with Gasteiger partial charge in [-0.05, 0) is 32.1 Å². The third-order valence-corrected chi connectivity index (χ3v) is 3.34. The smallest absolute Gasteiger partial charge is 0.166 e. The Morgan fingerprint density at radius 2 is 1.89 bits per heavy atom. The van der Waals surface area contributed by atoms with E-state index in [0.29, 0.717) is 18.3 Å². The molecule has 0 radical (unpaired) electrons. The van der Waals surface area contributed by atoms with Crippen molar-refractivity contribution in [1.82, 2.24) is 9.78 Å². The summed E-state index contributed by atoms with van der Waals surface area (Å²) in [5, 5.41) is 4.52. The number of hydrogen-bond acceptors (Lipinski definition) is 2. The zero-order valence-electron chi connectivity index (χ0n) is 12.6. The molecule has 0 aliphatic heterocycles. The van der Waals surface area contributed by atoms with E-state index in [2.05, 4.69) is 25.9 Å². The summed E-state index contributed by atoms with van der Waals surface area (Å²) in [5.41, 5.74) is 2.72. The van der Waals surface area contributed by atoms with Gasteiger partial charge in [0.15, 0.2) is 5.78 Å². The van der Waals surface area contributed by atoms with Crippen molar-refractivity contribution in [2.24, 2.45) is 11.8 Å². The number of aromatic nitrogens is 2. The number of hydrogen-bond donors (Lipinski definition) is 0. The number of Topliss-reactive ketones (excluding diaryl/α,β-unsaturated/α-hetero) is 1. The largest absolute Gasteiger partial charge is 0.294 e. The maximum Gasteiger partial charge on any atom is 0.166 e. The van der Waals surface area contributed by atoms with Gasteiger partial charge in [0.1, 0.15) is 0 Å². The first kappa shape index (κ1) is 14.9. The SMILES string of the molecule is CCC(=O)c1c(C)nn(CC(C)CC(C)C)c1C. The van der Waals surface area contributed by atoms with Gasteiger partial charge in [-0.1, -0.05) is 27.7 Å². The summed E-state index contributed by atoms with van der Waals surface area (Å²) in [4.78, 5) is 11.9. The highest BCUT2D eigenvalue weighted by Crippen LogP contribution is 2.19. The van der Waals surface area contributed by atoms with E-state index in [1.807, 2.05) is 25.5 Å². The van der Waals surface area contributed by atoms with E-state index in [1.165, 1.54) is 6.42 Å². The lowest BCUT2D eigenvalue weighted by molar-refractivity contribution is 0.0987. The molecule has 102 valence electrons. The summed E-state index contributed by atoms with van der Waals surface area (Å²) < 4.78 is 2.01. The van der Waals surface area contributed by atoms with Gasteiger partial charge in [-0.15, -0.1) is 0 Å². The molecule has 1 rings (SSSR count). The zero-order chi connectivity index (χ0) is 13.9. The van der Waals surface area contributed by atoms with Crippen molar-refractivity contribution in [2.45, 2.75) is 60.9 Å². The van der Waals surface area contributed by atoms with E-state index in [4.69, 9.17) is 0 Å². The first-order chi connectivity index (χ1) is 8.36. The summed E-state index contributed by atoms with van der Waals surface area (Å²) in [5.74, 6) is 1.49. The minimum atomic E-state index is 0.202. The van der Waals surface area contributed by atoms with Crippen LogP contribution in [0.3, 0.4) is 0 Å². The number of ketones is 1. The summed E-state index contributed by atoms with van der Waals surface area (Å²) in [6.07, 6.45) is 1.74. The van der Waals surface area contributed by atoms with E-state index in [9.17, 15) is 4.79 Å². The van der Waals surface area contributed by atoms with Gasteiger partial charge in [0.05, 0.1) is 11.3 Å². The average Bonchev–Trinajstić information content (AvgIpc) is 2.52. The van der Waals surface area contributed by atoms with Gasteiger partial charge in [-0.25, -0.2) is 0 Å². The van der Waals surface area contributed by atoms with Crippen molar-refractivity contribution in [2.75, 3.05) is 0 Å². The van der Waals surface area contributed by atoms with Crippen LogP contribution in [0.4, 0.5) is 0 Å². The van der Waals surface area contributed by atoms with E-state index >= 15 is 0 Å². The Balaban J connectivity index is 2.88. The molecule has 0 aliphatic rings. The molecule has 18 heavy (non-hydrogen) atoms. The van der Waals surface area contributed by atoms with Gasteiger partial charge in [0.2, 0.25) is 0 Å². The third kappa shape index (κ3) is 3.44. The molecule has 0 saturated carbocycles. The highest BCUT2D eigenvalue weighted by atomic mass is 16.1. The highest BCUT2D eigenvalue weighted by molar-refractivity contribution is 5.97. The van der Waals surface area contributed by atoms with Gasteiger partial charge in [0.25, 0.3) is 0 Å². The van der Waals surface area contributed by atoms with Crippen molar-refractivity contribution >= 4 is 5.78 Å². The van der Waals surface area contributed by atoms with Crippen LogP contribution in [0.1, 0.15) is 62.3 Å². The molecule has 1 heterocycles. The van der Waals surface area contributed by atoms with E-state index in [1.54, 1.807) is 0 Å². The summed E-state index contributed by atoms with van der Waals surface area (Å²) >= 11 is 0. The Labute approximate surface area is 111 Å². The molecule has 0 aromatic carbocycles. The molecule has 0 aliphatic carbocycles. The fraction of sp³-hybridized carbons (Fsp3) is 0.733. The molecule has 0 fully saturated rings. The van der Waals surface area contributed by atoms with Crippen LogP contribution < -0.4 is 0 Å². The van der Waals surface area contributed by atoms with Gasteiger partial charge < -0.3 is 0 Å². The standard InChI is InChI=1S/C15H26N2O/c1-7-14(18)15-12(5)16-17(13(15)6)9-11(4)8-10(2)3/h10-11H,7-9H2,1-6H3. The minimum absolute atomic E-state index is 0.202. The molecular weight excluding hydrogens is 224 g/mol. The average molecular weight is 250 g/mol. The van der Waals surface area contributed by atoms with E-state index in [-0.39, 0.29) is 5.78 Å².